The van der Waals surface area contributed by atoms with Gasteiger partial charge in [0.15, 0.2) is 5.84 Å². The molecule has 0 atom stereocenters. The Morgan fingerprint density at radius 3 is 2.65 bits per heavy atom. The molecule has 0 heterocycles. The van der Waals surface area contributed by atoms with Crippen LogP contribution >= 0.6 is 0 Å². The molecule has 1 aliphatic rings. The van der Waals surface area contributed by atoms with E-state index in [2.05, 4.69) is 5.16 Å². The number of aliphatic hydroxyl groups is 1. The van der Waals surface area contributed by atoms with E-state index in [0.29, 0.717) is 17.8 Å². The fourth-order valence-corrected chi connectivity index (χ4v) is 2.75. The molecule has 0 aliphatic heterocycles. The maximum atomic E-state index is 14.1. The molecule has 0 amide bonds. The molecule has 0 bridgehead atoms. The standard InChI is InChI=1S/C14H20FN3O2/c1-18(9-14(19)6-2-3-7-14)12-5-4-10(8-11(12)15)13(16)17-20/h4-5,8,19-20H,2-3,6-7,9H2,1H3,(H2,16,17). The SMILES string of the molecule is CN(CC1(O)CCCC1)c1ccc(/C(N)=N/O)cc1F. The van der Waals surface area contributed by atoms with Crippen molar-refractivity contribution in [2.75, 3.05) is 18.5 Å². The van der Waals surface area contributed by atoms with Gasteiger partial charge in [0.05, 0.1) is 11.3 Å². The van der Waals surface area contributed by atoms with Crippen LogP contribution in [0.1, 0.15) is 31.2 Å². The maximum absolute atomic E-state index is 14.1. The van der Waals surface area contributed by atoms with Gasteiger partial charge in [-0.25, -0.2) is 4.39 Å². The zero-order valence-electron chi connectivity index (χ0n) is 11.5. The van der Waals surface area contributed by atoms with Gasteiger partial charge < -0.3 is 20.9 Å². The first-order valence-corrected chi connectivity index (χ1v) is 6.66. The molecule has 0 unspecified atom stereocenters. The molecule has 1 aliphatic carbocycles. The third-order valence-corrected chi connectivity index (χ3v) is 3.83. The summed E-state index contributed by atoms with van der Waals surface area (Å²) in [7, 11) is 1.75. The lowest BCUT2D eigenvalue weighted by Gasteiger charge is -2.30. The van der Waals surface area contributed by atoms with Crippen LogP contribution in [-0.2, 0) is 0 Å². The van der Waals surface area contributed by atoms with Gasteiger partial charge in [-0.1, -0.05) is 18.0 Å². The summed E-state index contributed by atoms with van der Waals surface area (Å²) in [6, 6.07) is 4.38. The highest BCUT2D eigenvalue weighted by molar-refractivity contribution is 5.97. The van der Waals surface area contributed by atoms with E-state index in [1.807, 2.05) is 0 Å². The van der Waals surface area contributed by atoms with Gasteiger partial charge in [0.1, 0.15) is 5.82 Å². The van der Waals surface area contributed by atoms with Crippen LogP contribution in [-0.4, -0.2) is 35.3 Å². The Morgan fingerprint density at radius 2 is 2.10 bits per heavy atom. The van der Waals surface area contributed by atoms with Crippen molar-refractivity contribution in [3.8, 4) is 0 Å². The Labute approximate surface area is 117 Å². The fourth-order valence-electron chi connectivity index (χ4n) is 2.75. The third kappa shape index (κ3) is 3.01. The van der Waals surface area contributed by atoms with Crippen LogP contribution in [0.3, 0.4) is 0 Å². The molecule has 1 aromatic rings. The van der Waals surface area contributed by atoms with E-state index in [4.69, 9.17) is 10.9 Å². The van der Waals surface area contributed by atoms with E-state index in [0.717, 1.165) is 25.7 Å². The minimum atomic E-state index is -0.731. The van der Waals surface area contributed by atoms with Crippen LogP contribution < -0.4 is 10.6 Å². The number of oxime groups is 1. The predicted molar refractivity (Wildman–Crippen MR) is 75.6 cm³/mol. The van der Waals surface area contributed by atoms with Gasteiger partial charge >= 0.3 is 0 Å². The number of nitrogens with two attached hydrogens (primary N) is 1. The highest BCUT2D eigenvalue weighted by atomic mass is 19.1. The van der Waals surface area contributed by atoms with Crippen LogP contribution in [0.25, 0.3) is 0 Å². The molecule has 1 aromatic carbocycles. The van der Waals surface area contributed by atoms with Crippen LogP contribution in [0.5, 0.6) is 0 Å². The second kappa shape index (κ2) is 5.66. The second-order valence-electron chi connectivity index (χ2n) is 5.44. The van der Waals surface area contributed by atoms with Crippen LogP contribution in [0.2, 0.25) is 0 Å². The van der Waals surface area contributed by atoms with Crippen molar-refractivity contribution in [1.29, 1.82) is 0 Å². The van der Waals surface area contributed by atoms with Gasteiger partial charge in [-0.05, 0) is 31.0 Å². The Bertz CT molecular complexity index is 513. The number of likely N-dealkylation sites (N-methyl/N-ethyl adjacent to an activating group) is 1. The van der Waals surface area contributed by atoms with E-state index in [1.54, 1.807) is 24.1 Å². The number of halogens is 1. The lowest BCUT2D eigenvalue weighted by Crippen LogP contribution is -2.39. The summed E-state index contributed by atoms with van der Waals surface area (Å²) in [6.07, 6.45) is 3.52. The molecule has 0 spiro atoms. The number of hydrogen-bond donors (Lipinski definition) is 3. The van der Waals surface area contributed by atoms with Gasteiger partial charge in [-0.2, -0.15) is 0 Å². The molecule has 1 saturated carbocycles. The van der Waals surface area contributed by atoms with Crippen molar-refractivity contribution >= 4 is 11.5 Å². The third-order valence-electron chi connectivity index (χ3n) is 3.83. The second-order valence-corrected chi connectivity index (χ2v) is 5.44. The predicted octanol–water partition coefficient (Wildman–Crippen LogP) is 1.66. The zero-order valence-corrected chi connectivity index (χ0v) is 11.5. The average molecular weight is 281 g/mol. The van der Waals surface area contributed by atoms with Gasteiger partial charge in [0, 0.05) is 19.2 Å². The van der Waals surface area contributed by atoms with Gasteiger partial charge in [0.2, 0.25) is 0 Å². The smallest absolute Gasteiger partial charge is 0.170 e. The average Bonchev–Trinajstić information content (AvgIpc) is 2.83. The minimum Gasteiger partial charge on any atom is -0.409 e. The Kier molecular flexibility index (Phi) is 4.13. The first-order chi connectivity index (χ1) is 9.45. The van der Waals surface area contributed by atoms with Gasteiger partial charge in [0.25, 0.3) is 0 Å². The van der Waals surface area contributed by atoms with Gasteiger partial charge in [-0.3, -0.25) is 0 Å². The molecule has 2 rings (SSSR count). The maximum Gasteiger partial charge on any atom is 0.170 e. The molecule has 0 aromatic heterocycles. The van der Waals surface area contributed by atoms with Crippen molar-refractivity contribution in [3.63, 3.8) is 0 Å². The number of rotatable bonds is 4. The molecular formula is C14H20FN3O2. The zero-order chi connectivity index (χ0) is 14.8. The quantitative estimate of drug-likeness (QED) is 0.339. The molecule has 0 radical (unpaired) electrons. The summed E-state index contributed by atoms with van der Waals surface area (Å²) in [5, 5.41) is 21.8. The molecule has 0 saturated heterocycles. The van der Waals surface area contributed by atoms with E-state index in [9.17, 15) is 9.50 Å². The molecule has 20 heavy (non-hydrogen) atoms. The van der Waals surface area contributed by atoms with E-state index >= 15 is 0 Å². The first kappa shape index (κ1) is 14.6. The summed E-state index contributed by atoms with van der Waals surface area (Å²) >= 11 is 0. The highest BCUT2D eigenvalue weighted by Crippen LogP contribution is 2.31. The van der Waals surface area contributed by atoms with E-state index in [1.165, 1.54) is 6.07 Å². The summed E-state index contributed by atoms with van der Waals surface area (Å²) in [4.78, 5) is 1.71. The lowest BCUT2D eigenvalue weighted by atomic mass is 10.0. The van der Waals surface area contributed by atoms with Crippen molar-refractivity contribution in [2.24, 2.45) is 10.9 Å². The summed E-state index contributed by atoms with van der Waals surface area (Å²) in [5.74, 6) is -0.592. The van der Waals surface area contributed by atoms with Crippen molar-refractivity contribution in [2.45, 2.75) is 31.3 Å². The number of nitrogens with zero attached hydrogens (tertiary/aromatic N) is 2. The summed E-state index contributed by atoms with van der Waals surface area (Å²) < 4.78 is 14.1. The van der Waals surface area contributed by atoms with Crippen molar-refractivity contribution < 1.29 is 14.7 Å². The minimum absolute atomic E-state index is 0.132. The summed E-state index contributed by atoms with van der Waals surface area (Å²) in [6.45, 7) is 0.396. The van der Waals surface area contributed by atoms with Crippen molar-refractivity contribution in [1.82, 2.24) is 0 Å². The molecule has 1 fully saturated rings. The fraction of sp³-hybridized carbons (Fsp3) is 0.500. The summed E-state index contributed by atoms with van der Waals surface area (Å²) in [5.41, 5.74) is 5.40. The Morgan fingerprint density at radius 1 is 1.45 bits per heavy atom. The molecule has 6 heteroatoms. The lowest BCUT2D eigenvalue weighted by molar-refractivity contribution is 0.0558. The number of hydrogen-bond acceptors (Lipinski definition) is 4. The topological polar surface area (TPSA) is 82.1 Å². The number of amidine groups is 1. The highest BCUT2D eigenvalue weighted by Gasteiger charge is 2.32. The van der Waals surface area contributed by atoms with E-state index in [-0.39, 0.29) is 5.84 Å². The first-order valence-electron chi connectivity index (χ1n) is 6.66. The van der Waals surface area contributed by atoms with Crippen LogP contribution in [0, 0.1) is 5.82 Å². The largest absolute Gasteiger partial charge is 0.409 e. The Hall–Kier alpha value is -1.82. The van der Waals surface area contributed by atoms with Gasteiger partial charge in [-0.15, -0.1) is 0 Å². The Balaban J connectivity index is 2.16. The van der Waals surface area contributed by atoms with E-state index < -0.39 is 11.4 Å². The van der Waals surface area contributed by atoms with Crippen LogP contribution in [0.15, 0.2) is 23.4 Å². The normalized spacial score (nSPS) is 18.2. The number of benzene rings is 1. The molecule has 5 nitrogen and oxygen atoms in total. The van der Waals surface area contributed by atoms with Crippen LogP contribution in [0.4, 0.5) is 10.1 Å². The molecular weight excluding hydrogens is 261 g/mol. The molecule has 110 valence electrons. The molecule has 4 N–H and O–H groups in total. The monoisotopic (exact) mass is 281 g/mol. The number of anilines is 1. The van der Waals surface area contributed by atoms with Crippen molar-refractivity contribution in [3.05, 3.63) is 29.6 Å².